The molecule has 0 saturated heterocycles. The van der Waals surface area contributed by atoms with Crippen LogP contribution in [0, 0.1) is 12.5 Å². The van der Waals surface area contributed by atoms with Crippen molar-refractivity contribution in [3.05, 3.63) is 30.3 Å². The summed E-state index contributed by atoms with van der Waals surface area (Å²) in [6, 6.07) is 7.70. The second-order valence-electron chi connectivity index (χ2n) is 1.97. The van der Waals surface area contributed by atoms with Crippen molar-refractivity contribution in [3.8, 4) is 12.5 Å². The molecule has 0 amide bonds. The zero-order chi connectivity index (χ0) is 9.03. The fraction of sp³-hybridized carbons (Fsp3) is 0. The smallest absolute Gasteiger partial charge is 0.324 e. The van der Waals surface area contributed by atoms with E-state index in [2.05, 4.69) is 4.18 Å². The van der Waals surface area contributed by atoms with E-state index in [0.717, 1.165) is 0 Å². The van der Waals surface area contributed by atoms with Crippen LogP contribution in [-0.2, 0) is 14.3 Å². The van der Waals surface area contributed by atoms with Crippen LogP contribution in [0.1, 0.15) is 0 Å². The standard InChI is InChI=1S/C8H6O3S/c1-2-11-12(9,10)8-6-4-3-5-7-8/h1,3-7H. The van der Waals surface area contributed by atoms with Crippen molar-refractivity contribution in [2.24, 2.45) is 0 Å². The Balaban J connectivity index is 3.09. The van der Waals surface area contributed by atoms with E-state index in [4.69, 9.17) is 6.42 Å². The van der Waals surface area contributed by atoms with Crippen molar-refractivity contribution in [2.75, 3.05) is 0 Å². The third-order valence-corrected chi connectivity index (χ3v) is 2.35. The van der Waals surface area contributed by atoms with Gasteiger partial charge in [0.25, 0.3) is 0 Å². The highest BCUT2D eigenvalue weighted by Gasteiger charge is 2.12. The molecule has 0 aliphatic carbocycles. The van der Waals surface area contributed by atoms with Crippen molar-refractivity contribution >= 4 is 10.1 Å². The minimum Gasteiger partial charge on any atom is -0.324 e. The molecular weight excluding hydrogens is 176 g/mol. The Labute approximate surface area is 71.1 Å². The first-order valence-corrected chi connectivity index (χ1v) is 4.52. The number of terminal acetylenes is 1. The van der Waals surface area contributed by atoms with Gasteiger partial charge in [0.1, 0.15) is 11.0 Å². The van der Waals surface area contributed by atoms with Crippen LogP contribution >= 0.6 is 0 Å². The van der Waals surface area contributed by atoms with E-state index < -0.39 is 10.1 Å². The van der Waals surface area contributed by atoms with E-state index in [-0.39, 0.29) is 4.90 Å². The predicted molar refractivity (Wildman–Crippen MR) is 43.5 cm³/mol. The Kier molecular flexibility index (Phi) is 2.36. The molecule has 0 saturated carbocycles. The molecule has 1 rings (SSSR count). The number of hydrogen-bond donors (Lipinski definition) is 0. The Bertz CT molecular complexity index is 386. The molecule has 3 nitrogen and oxygen atoms in total. The van der Waals surface area contributed by atoms with Crippen LogP contribution in [0.4, 0.5) is 0 Å². The van der Waals surface area contributed by atoms with Gasteiger partial charge < -0.3 is 4.18 Å². The highest BCUT2D eigenvalue weighted by Crippen LogP contribution is 2.09. The van der Waals surface area contributed by atoms with Gasteiger partial charge in [-0.3, -0.25) is 0 Å². The van der Waals surface area contributed by atoms with Gasteiger partial charge in [-0.1, -0.05) is 24.6 Å². The van der Waals surface area contributed by atoms with Gasteiger partial charge in [-0.25, -0.2) is 0 Å². The molecule has 1 aromatic rings. The lowest BCUT2D eigenvalue weighted by molar-refractivity contribution is 0.466. The van der Waals surface area contributed by atoms with Gasteiger partial charge >= 0.3 is 10.1 Å². The molecule has 0 aromatic heterocycles. The third kappa shape index (κ3) is 1.77. The molecule has 0 aliphatic heterocycles. The Morgan fingerprint density at radius 1 is 1.25 bits per heavy atom. The van der Waals surface area contributed by atoms with Crippen LogP contribution in [0.25, 0.3) is 0 Å². The number of rotatable bonds is 2. The molecule has 0 spiro atoms. The zero-order valence-electron chi connectivity index (χ0n) is 6.10. The number of benzene rings is 1. The Hall–Kier alpha value is -1.47. The van der Waals surface area contributed by atoms with Gasteiger partial charge in [-0.15, -0.1) is 0 Å². The molecule has 0 bridgehead atoms. The SMILES string of the molecule is C#COS(=O)(=O)c1ccccc1. The molecule has 62 valence electrons. The van der Waals surface area contributed by atoms with Crippen LogP contribution in [0.15, 0.2) is 35.2 Å². The molecule has 12 heavy (non-hydrogen) atoms. The highest BCUT2D eigenvalue weighted by molar-refractivity contribution is 7.86. The predicted octanol–water partition coefficient (Wildman–Crippen LogP) is 0.983. The Morgan fingerprint density at radius 3 is 2.33 bits per heavy atom. The van der Waals surface area contributed by atoms with Gasteiger partial charge in [0.05, 0.1) is 0 Å². The van der Waals surface area contributed by atoms with E-state index in [0.29, 0.717) is 0 Å². The topological polar surface area (TPSA) is 43.4 Å². The monoisotopic (exact) mass is 182 g/mol. The minimum atomic E-state index is -3.75. The fourth-order valence-corrected chi connectivity index (χ4v) is 1.41. The van der Waals surface area contributed by atoms with Crippen molar-refractivity contribution in [3.63, 3.8) is 0 Å². The normalized spacial score (nSPS) is 10.2. The summed E-state index contributed by atoms with van der Waals surface area (Å²) in [4.78, 5) is 0.0583. The molecule has 0 aliphatic rings. The number of hydrogen-bond acceptors (Lipinski definition) is 3. The molecule has 0 heterocycles. The fourth-order valence-electron chi connectivity index (χ4n) is 0.699. The summed E-state index contributed by atoms with van der Waals surface area (Å²) in [5.74, 6) is 0. The first kappa shape index (κ1) is 8.62. The third-order valence-electron chi connectivity index (χ3n) is 1.19. The zero-order valence-corrected chi connectivity index (χ0v) is 6.91. The molecule has 0 atom stereocenters. The first-order valence-electron chi connectivity index (χ1n) is 3.11. The van der Waals surface area contributed by atoms with Gasteiger partial charge in [0.15, 0.2) is 0 Å². The lowest BCUT2D eigenvalue weighted by Crippen LogP contribution is -2.01. The summed E-state index contributed by atoms with van der Waals surface area (Å²) in [5.41, 5.74) is 0. The molecule has 1 aromatic carbocycles. The van der Waals surface area contributed by atoms with Crippen molar-refractivity contribution in [2.45, 2.75) is 4.90 Å². The van der Waals surface area contributed by atoms with Gasteiger partial charge in [0, 0.05) is 0 Å². The van der Waals surface area contributed by atoms with Crippen LogP contribution in [0.5, 0.6) is 0 Å². The second-order valence-corrected chi connectivity index (χ2v) is 3.51. The summed E-state index contributed by atoms with van der Waals surface area (Å²) in [6.45, 7) is 0. The highest BCUT2D eigenvalue weighted by atomic mass is 32.2. The summed E-state index contributed by atoms with van der Waals surface area (Å²) < 4.78 is 26.3. The lowest BCUT2D eigenvalue weighted by Gasteiger charge is -1.98. The molecular formula is C8H6O3S. The maximum absolute atomic E-state index is 11.1. The quantitative estimate of drug-likeness (QED) is 0.506. The average molecular weight is 182 g/mol. The molecule has 0 radical (unpaired) electrons. The van der Waals surface area contributed by atoms with Crippen molar-refractivity contribution < 1.29 is 12.6 Å². The summed E-state index contributed by atoms with van der Waals surface area (Å²) in [7, 11) is -3.75. The van der Waals surface area contributed by atoms with Crippen molar-refractivity contribution in [1.82, 2.24) is 0 Å². The second kappa shape index (κ2) is 3.28. The summed E-state index contributed by atoms with van der Waals surface area (Å²) in [6.07, 6.45) is 6.32. The molecule has 0 fully saturated rings. The average Bonchev–Trinajstić information content (AvgIpc) is 2.06. The van der Waals surface area contributed by atoms with E-state index in [1.165, 1.54) is 12.1 Å². The van der Waals surface area contributed by atoms with Crippen LogP contribution in [0.2, 0.25) is 0 Å². The summed E-state index contributed by atoms with van der Waals surface area (Å²) >= 11 is 0. The molecule has 0 unspecified atom stereocenters. The molecule has 0 N–H and O–H groups in total. The van der Waals surface area contributed by atoms with E-state index in [1.807, 2.05) is 0 Å². The van der Waals surface area contributed by atoms with Gasteiger partial charge in [-0.05, 0) is 12.1 Å². The lowest BCUT2D eigenvalue weighted by atomic mass is 10.4. The van der Waals surface area contributed by atoms with Crippen LogP contribution < -0.4 is 0 Å². The maximum atomic E-state index is 11.1. The van der Waals surface area contributed by atoms with E-state index >= 15 is 0 Å². The van der Waals surface area contributed by atoms with Crippen LogP contribution in [0.3, 0.4) is 0 Å². The Morgan fingerprint density at radius 2 is 1.83 bits per heavy atom. The van der Waals surface area contributed by atoms with E-state index in [9.17, 15) is 8.42 Å². The largest absolute Gasteiger partial charge is 0.347 e. The van der Waals surface area contributed by atoms with E-state index in [1.54, 1.807) is 24.3 Å². The minimum absolute atomic E-state index is 0.0583. The maximum Gasteiger partial charge on any atom is 0.347 e. The summed E-state index contributed by atoms with van der Waals surface area (Å²) in [5, 5.41) is 0. The van der Waals surface area contributed by atoms with Gasteiger partial charge in [-0.2, -0.15) is 8.42 Å². The molecule has 4 heteroatoms. The van der Waals surface area contributed by atoms with Crippen LogP contribution in [-0.4, -0.2) is 8.42 Å². The first-order chi connectivity index (χ1) is 5.67. The van der Waals surface area contributed by atoms with Crippen molar-refractivity contribution in [1.29, 1.82) is 0 Å². The van der Waals surface area contributed by atoms with Gasteiger partial charge in [0.2, 0.25) is 0 Å².